The van der Waals surface area contributed by atoms with E-state index in [-0.39, 0.29) is 22.4 Å². The third-order valence-corrected chi connectivity index (χ3v) is 6.35. The molecular weight excluding hydrogens is 432 g/mol. The maximum Gasteiger partial charge on any atom is 0.251 e. The van der Waals surface area contributed by atoms with Crippen LogP contribution in [0.3, 0.4) is 0 Å². The number of rotatable bonds is 6. The SMILES string of the molecule is CC(Cc1cnn(C)c1)NC(=O)c1ccc(Br)c(S(=O)(=O)NC(C)(C)C)c1. The number of benzene rings is 1. The largest absolute Gasteiger partial charge is 0.349 e. The van der Waals surface area contributed by atoms with Gasteiger partial charge in [-0.05, 0) is 73.8 Å². The number of nitrogens with one attached hydrogen (secondary N) is 2. The predicted molar refractivity (Wildman–Crippen MR) is 108 cm³/mol. The van der Waals surface area contributed by atoms with Crippen molar-refractivity contribution in [2.24, 2.45) is 7.05 Å². The summed E-state index contributed by atoms with van der Waals surface area (Å²) in [7, 11) is -1.93. The van der Waals surface area contributed by atoms with E-state index in [9.17, 15) is 13.2 Å². The van der Waals surface area contributed by atoms with Gasteiger partial charge in [-0.1, -0.05) is 0 Å². The van der Waals surface area contributed by atoms with Gasteiger partial charge in [-0.3, -0.25) is 9.48 Å². The summed E-state index contributed by atoms with van der Waals surface area (Å²) in [6, 6.07) is 4.41. The fourth-order valence-corrected chi connectivity index (χ4v) is 5.01. The molecule has 2 rings (SSSR count). The molecule has 0 saturated carbocycles. The lowest BCUT2D eigenvalue weighted by atomic mass is 10.1. The summed E-state index contributed by atoms with van der Waals surface area (Å²) in [5.41, 5.74) is 0.665. The monoisotopic (exact) mass is 456 g/mol. The van der Waals surface area contributed by atoms with Crippen LogP contribution in [0.5, 0.6) is 0 Å². The quantitative estimate of drug-likeness (QED) is 0.698. The third kappa shape index (κ3) is 6.15. The van der Waals surface area contributed by atoms with Crippen LogP contribution >= 0.6 is 15.9 Å². The zero-order valence-electron chi connectivity index (χ0n) is 16.1. The first kappa shape index (κ1) is 21.6. The van der Waals surface area contributed by atoms with E-state index in [0.29, 0.717) is 10.9 Å². The van der Waals surface area contributed by atoms with Gasteiger partial charge in [-0.15, -0.1) is 0 Å². The van der Waals surface area contributed by atoms with Gasteiger partial charge in [-0.25, -0.2) is 13.1 Å². The molecule has 2 aromatic rings. The fraction of sp³-hybridized carbons (Fsp3) is 0.444. The van der Waals surface area contributed by atoms with E-state index in [1.807, 2.05) is 20.2 Å². The van der Waals surface area contributed by atoms with Crippen molar-refractivity contribution in [2.45, 2.75) is 50.6 Å². The van der Waals surface area contributed by atoms with Gasteiger partial charge in [0.25, 0.3) is 5.91 Å². The van der Waals surface area contributed by atoms with Gasteiger partial charge in [0.2, 0.25) is 10.0 Å². The maximum absolute atomic E-state index is 12.6. The third-order valence-electron chi connectivity index (χ3n) is 3.60. The lowest BCUT2D eigenvalue weighted by Gasteiger charge is -2.21. The molecule has 2 N–H and O–H groups in total. The molecule has 9 heteroatoms. The van der Waals surface area contributed by atoms with Crippen LogP contribution in [0.25, 0.3) is 0 Å². The standard InChI is InChI=1S/C18H25BrN4O3S/c1-12(8-13-10-20-23(5)11-13)21-17(24)14-6-7-15(19)16(9-14)27(25,26)22-18(2,3)4/h6-7,9-12,22H,8H2,1-5H3,(H,21,24). The average Bonchev–Trinajstić information content (AvgIpc) is 2.89. The topological polar surface area (TPSA) is 93.1 Å². The van der Waals surface area contributed by atoms with Gasteiger partial charge in [-0.2, -0.15) is 5.10 Å². The summed E-state index contributed by atoms with van der Waals surface area (Å²) in [4.78, 5) is 12.6. The smallest absolute Gasteiger partial charge is 0.251 e. The molecule has 0 radical (unpaired) electrons. The number of nitrogens with zero attached hydrogens (tertiary/aromatic N) is 2. The number of carbonyl (C=O) groups excluding carboxylic acids is 1. The Hall–Kier alpha value is -1.71. The molecule has 148 valence electrons. The minimum absolute atomic E-state index is 0.0324. The summed E-state index contributed by atoms with van der Waals surface area (Å²) in [6.07, 6.45) is 4.28. The fourth-order valence-electron chi connectivity index (χ4n) is 2.60. The minimum Gasteiger partial charge on any atom is -0.349 e. The van der Waals surface area contributed by atoms with Crippen LogP contribution in [0.15, 0.2) is 40.0 Å². The normalized spacial score (nSPS) is 13.4. The van der Waals surface area contributed by atoms with Gasteiger partial charge in [0, 0.05) is 34.9 Å². The van der Waals surface area contributed by atoms with Crippen LogP contribution in [0.1, 0.15) is 43.6 Å². The summed E-state index contributed by atoms with van der Waals surface area (Å²) < 4.78 is 30.0. The highest BCUT2D eigenvalue weighted by molar-refractivity contribution is 9.10. The minimum atomic E-state index is -3.77. The highest BCUT2D eigenvalue weighted by Crippen LogP contribution is 2.24. The zero-order valence-corrected chi connectivity index (χ0v) is 18.5. The van der Waals surface area contributed by atoms with Crippen molar-refractivity contribution >= 4 is 31.9 Å². The molecule has 7 nitrogen and oxygen atoms in total. The van der Waals surface area contributed by atoms with Crippen LogP contribution in [-0.2, 0) is 23.5 Å². The van der Waals surface area contributed by atoms with Crippen LogP contribution in [0.2, 0.25) is 0 Å². The average molecular weight is 457 g/mol. The molecule has 1 unspecified atom stereocenters. The molecule has 0 aliphatic rings. The van der Waals surface area contributed by atoms with Crippen molar-refractivity contribution in [1.82, 2.24) is 19.8 Å². The summed E-state index contributed by atoms with van der Waals surface area (Å²) in [5, 5.41) is 7.00. The van der Waals surface area contributed by atoms with Gasteiger partial charge in [0.15, 0.2) is 0 Å². The maximum atomic E-state index is 12.6. The van der Waals surface area contributed by atoms with Crippen molar-refractivity contribution in [2.75, 3.05) is 0 Å². The molecule has 0 spiro atoms. The van der Waals surface area contributed by atoms with Gasteiger partial charge in [0.1, 0.15) is 0 Å². The Morgan fingerprint density at radius 3 is 2.56 bits per heavy atom. The Labute approximate surface area is 168 Å². The number of hydrogen-bond donors (Lipinski definition) is 2. The highest BCUT2D eigenvalue weighted by Gasteiger charge is 2.25. The Balaban J connectivity index is 2.17. The van der Waals surface area contributed by atoms with E-state index in [4.69, 9.17) is 0 Å². The second-order valence-corrected chi connectivity index (χ2v) is 10.1. The predicted octanol–water partition coefficient (Wildman–Crippen LogP) is 2.62. The van der Waals surface area contributed by atoms with Crippen LogP contribution < -0.4 is 10.0 Å². The molecule has 0 fully saturated rings. The van der Waals surface area contributed by atoms with Crippen molar-refractivity contribution < 1.29 is 13.2 Å². The number of carbonyl (C=O) groups is 1. The number of amides is 1. The van der Waals surface area contributed by atoms with E-state index in [1.165, 1.54) is 6.07 Å². The number of aryl methyl sites for hydroxylation is 1. The number of sulfonamides is 1. The Kier molecular flexibility index (Phi) is 6.49. The molecule has 1 amide bonds. The highest BCUT2D eigenvalue weighted by atomic mass is 79.9. The van der Waals surface area contributed by atoms with Crippen molar-refractivity contribution in [3.8, 4) is 0 Å². The second-order valence-electron chi connectivity index (χ2n) is 7.60. The van der Waals surface area contributed by atoms with Crippen LogP contribution in [0.4, 0.5) is 0 Å². The van der Waals surface area contributed by atoms with Gasteiger partial charge >= 0.3 is 0 Å². The zero-order chi connectivity index (χ0) is 20.4. The molecule has 1 heterocycles. The van der Waals surface area contributed by atoms with E-state index in [0.717, 1.165) is 5.56 Å². The molecule has 0 aliphatic carbocycles. The molecule has 27 heavy (non-hydrogen) atoms. The molecule has 1 atom stereocenters. The van der Waals surface area contributed by atoms with Crippen LogP contribution in [0, 0.1) is 0 Å². The molecule has 0 aliphatic heterocycles. The lowest BCUT2D eigenvalue weighted by molar-refractivity contribution is 0.0940. The van der Waals surface area contributed by atoms with E-state index in [2.05, 4.69) is 31.1 Å². The first-order valence-electron chi connectivity index (χ1n) is 8.49. The molecular formula is C18H25BrN4O3S. The lowest BCUT2D eigenvalue weighted by Crippen LogP contribution is -2.40. The molecule has 1 aromatic heterocycles. The van der Waals surface area contributed by atoms with Crippen molar-refractivity contribution in [3.05, 3.63) is 46.2 Å². The van der Waals surface area contributed by atoms with Crippen molar-refractivity contribution in [3.63, 3.8) is 0 Å². The summed E-state index contributed by atoms with van der Waals surface area (Å²) in [6.45, 7) is 7.17. The number of halogens is 1. The van der Waals surface area contributed by atoms with E-state index >= 15 is 0 Å². The second kappa shape index (κ2) is 8.12. The Bertz CT molecular complexity index is 932. The van der Waals surface area contributed by atoms with E-state index in [1.54, 1.807) is 43.8 Å². The van der Waals surface area contributed by atoms with Crippen molar-refractivity contribution in [1.29, 1.82) is 0 Å². The molecule has 0 saturated heterocycles. The number of hydrogen-bond acceptors (Lipinski definition) is 4. The molecule has 1 aromatic carbocycles. The van der Waals surface area contributed by atoms with Crippen LogP contribution in [-0.4, -0.2) is 35.7 Å². The summed E-state index contributed by atoms with van der Waals surface area (Å²) >= 11 is 3.26. The van der Waals surface area contributed by atoms with E-state index < -0.39 is 15.6 Å². The summed E-state index contributed by atoms with van der Waals surface area (Å²) in [5.74, 6) is -0.328. The first-order chi connectivity index (χ1) is 12.4. The Morgan fingerprint density at radius 2 is 2.00 bits per heavy atom. The first-order valence-corrected chi connectivity index (χ1v) is 10.8. The van der Waals surface area contributed by atoms with Gasteiger partial charge in [0.05, 0.1) is 11.1 Å². The Morgan fingerprint density at radius 1 is 1.33 bits per heavy atom. The number of aromatic nitrogens is 2. The van der Waals surface area contributed by atoms with Gasteiger partial charge < -0.3 is 5.32 Å². The molecule has 0 bridgehead atoms.